The predicted molar refractivity (Wildman–Crippen MR) is 152 cm³/mol. The third-order valence-corrected chi connectivity index (χ3v) is 9.92. The number of carbonyl (C=O) groups excluding carboxylic acids is 1. The lowest BCUT2D eigenvalue weighted by molar-refractivity contribution is -0.176. The molecule has 3 heterocycles. The van der Waals surface area contributed by atoms with Gasteiger partial charge in [0.05, 0.1) is 23.3 Å². The van der Waals surface area contributed by atoms with Crippen LogP contribution in [0.25, 0.3) is 0 Å². The first-order valence-corrected chi connectivity index (χ1v) is 15.4. The molecule has 2 aromatic carbocycles. The van der Waals surface area contributed by atoms with Gasteiger partial charge in [0.2, 0.25) is 0 Å². The molecule has 2 saturated heterocycles. The molecule has 0 unspecified atom stereocenters. The van der Waals surface area contributed by atoms with Crippen LogP contribution in [0.3, 0.4) is 0 Å². The molecular formula is C32H34F7N3O4. The molecule has 14 heteroatoms. The number of piperazine rings is 1. The van der Waals surface area contributed by atoms with Crippen molar-refractivity contribution in [2.45, 2.75) is 75.6 Å². The van der Waals surface area contributed by atoms with E-state index in [0.29, 0.717) is 38.2 Å². The van der Waals surface area contributed by atoms with E-state index in [1.165, 1.54) is 11.0 Å². The minimum Gasteiger partial charge on any atom is -0.478 e. The summed E-state index contributed by atoms with van der Waals surface area (Å²) in [6, 6.07) is 4.86. The Labute approximate surface area is 260 Å². The summed E-state index contributed by atoms with van der Waals surface area (Å²) < 4.78 is 102. The van der Waals surface area contributed by atoms with Crippen LogP contribution in [0.15, 0.2) is 30.3 Å². The van der Waals surface area contributed by atoms with Gasteiger partial charge in [-0.2, -0.15) is 26.3 Å². The Kier molecular flexibility index (Phi) is 8.27. The number of ether oxygens (including phenoxy) is 1. The number of carbonyl (C=O) groups is 2. The van der Waals surface area contributed by atoms with Crippen LogP contribution in [-0.4, -0.2) is 77.3 Å². The van der Waals surface area contributed by atoms with Gasteiger partial charge in [0.15, 0.2) is 0 Å². The van der Waals surface area contributed by atoms with Crippen molar-refractivity contribution in [2.75, 3.05) is 37.7 Å². The zero-order chi connectivity index (χ0) is 33.2. The van der Waals surface area contributed by atoms with E-state index in [1.54, 1.807) is 6.07 Å². The predicted octanol–water partition coefficient (Wildman–Crippen LogP) is 5.98. The average molecular weight is 658 g/mol. The summed E-state index contributed by atoms with van der Waals surface area (Å²) in [5.41, 5.74) is -4.01. The highest BCUT2D eigenvalue weighted by molar-refractivity contribution is 5.89. The minimum atomic E-state index is -4.97. The number of carboxylic acid groups (broad SMARTS) is 1. The van der Waals surface area contributed by atoms with Crippen LogP contribution >= 0.6 is 0 Å². The monoisotopic (exact) mass is 657 g/mol. The van der Waals surface area contributed by atoms with Crippen molar-refractivity contribution in [3.63, 3.8) is 0 Å². The van der Waals surface area contributed by atoms with Gasteiger partial charge in [-0.3, -0.25) is 9.69 Å². The Hall–Kier alpha value is -3.39. The van der Waals surface area contributed by atoms with Crippen LogP contribution in [0.4, 0.5) is 36.4 Å². The maximum atomic E-state index is 14.0. The normalized spacial score (nSPS) is 26.2. The van der Waals surface area contributed by atoms with Gasteiger partial charge in [-0.25, -0.2) is 9.18 Å². The number of aromatic carboxylic acids is 1. The van der Waals surface area contributed by atoms with Gasteiger partial charge in [-0.15, -0.1) is 0 Å². The number of amides is 1. The van der Waals surface area contributed by atoms with E-state index in [1.807, 2.05) is 11.8 Å². The minimum absolute atomic E-state index is 0.0159. The summed E-state index contributed by atoms with van der Waals surface area (Å²) >= 11 is 0. The number of anilines is 1. The van der Waals surface area contributed by atoms with Crippen molar-refractivity contribution in [2.24, 2.45) is 5.92 Å². The number of rotatable bonds is 5. The molecule has 6 rings (SSSR count). The number of carboxylic acids is 1. The lowest BCUT2D eigenvalue weighted by atomic mass is 9.84. The maximum absolute atomic E-state index is 14.0. The molecule has 250 valence electrons. The van der Waals surface area contributed by atoms with Gasteiger partial charge in [-0.1, -0.05) is 0 Å². The second-order valence-electron chi connectivity index (χ2n) is 12.8. The molecule has 3 fully saturated rings. The SMILES string of the molecule is C[C@H]1CN([C@@H]2CC[C@@](C(=O)N3CCc4c(cc(C(F)(F)F)cc4C(F)(F)F)C3)(C3CC3)OC2)CCN1c1ccc(F)c(C(=O)O)c1. The van der Waals surface area contributed by atoms with E-state index in [9.17, 15) is 45.4 Å². The van der Waals surface area contributed by atoms with Crippen molar-refractivity contribution in [1.82, 2.24) is 9.80 Å². The first kappa shape index (κ1) is 32.5. The van der Waals surface area contributed by atoms with E-state index < -0.39 is 46.4 Å². The number of hydrogen-bond acceptors (Lipinski definition) is 5. The van der Waals surface area contributed by atoms with Gasteiger partial charge in [0.1, 0.15) is 11.4 Å². The first-order chi connectivity index (χ1) is 21.6. The molecule has 46 heavy (non-hydrogen) atoms. The highest BCUT2D eigenvalue weighted by Gasteiger charge is 2.56. The Morgan fingerprint density at radius 2 is 1.72 bits per heavy atom. The van der Waals surface area contributed by atoms with Crippen LogP contribution in [-0.2, 0) is 34.8 Å². The van der Waals surface area contributed by atoms with Crippen LogP contribution in [0.5, 0.6) is 0 Å². The van der Waals surface area contributed by atoms with Gasteiger partial charge in [-0.05, 0) is 86.4 Å². The molecular weight excluding hydrogens is 623 g/mol. The highest BCUT2D eigenvalue weighted by Crippen LogP contribution is 2.49. The Balaban J connectivity index is 1.14. The van der Waals surface area contributed by atoms with E-state index in [0.717, 1.165) is 25.0 Å². The Bertz CT molecular complexity index is 1520. The fourth-order valence-corrected chi connectivity index (χ4v) is 7.40. The summed E-state index contributed by atoms with van der Waals surface area (Å²) in [5, 5.41) is 9.31. The first-order valence-electron chi connectivity index (χ1n) is 15.4. The number of nitrogens with zero attached hydrogens (tertiary/aromatic N) is 3. The molecule has 0 radical (unpaired) electrons. The molecule has 0 bridgehead atoms. The van der Waals surface area contributed by atoms with Crippen molar-refractivity contribution in [3.8, 4) is 0 Å². The highest BCUT2D eigenvalue weighted by atomic mass is 19.4. The van der Waals surface area contributed by atoms with E-state index in [2.05, 4.69) is 4.90 Å². The smallest absolute Gasteiger partial charge is 0.416 e. The average Bonchev–Trinajstić information content (AvgIpc) is 3.85. The molecule has 4 aliphatic rings. The number of hydrogen-bond donors (Lipinski definition) is 1. The summed E-state index contributed by atoms with van der Waals surface area (Å²) in [6.45, 7) is 3.62. The molecule has 1 amide bonds. The second-order valence-corrected chi connectivity index (χ2v) is 12.8. The van der Waals surface area contributed by atoms with Gasteiger partial charge in [0.25, 0.3) is 5.91 Å². The molecule has 3 aliphatic heterocycles. The maximum Gasteiger partial charge on any atom is 0.416 e. The fourth-order valence-electron chi connectivity index (χ4n) is 7.40. The standard InChI is InChI=1S/C32H34F7N3O4/c1-18-15-40(10-11-42(18)22-4-5-27(33)25(14-22)28(43)44)23-6-8-30(46-17-23,20-2-3-20)29(45)41-9-7-24-19(16-41)12-21(31(34,35)36)13-26(24)32(37,38)39/h4-5,12-14,18,20,23H,2-3,6-11,15-17H2,1H3,(H,43,44)/t18-,23+,30-/m0/s1. The van der Waals surface area contributed by atoms with Gasteiger partial charge < -0.3 is 19.6 Å². The van der Waals surface area contributed by atoms with Gasteiger partial charge >= 0.3 is 18.3 Å². The number of alkyl halides is 6. The van der Waals surface area contributed by atoms with Crippen molar-refractivity contribution in [1.29, 1.82) is 0 Å². The lowest BCUT2D eigenvalue weighted by Gasteiger charge is -2.49. The number of fused-ring (bicyclic) bond motifs is 1. The summed E-state index contributed by atoms with van der Waals surface area (Å²) in [4.78, 5) is 31.1. The third kappa shape index (κ3) is 6.05. The van der Waals surface area contributed by atoms with E-state index in [-0.39, 0.29) is 67.2 Å². The van der Waals surface area contributed by atoms with Crippen molar-refractivity contribution in [3.05, 3.63) is 64.0 Å². The van der Waals surface area contributed by atoms with Crippen molar-refractivity contribution < 1.29 is 50.2 Å². The molecule has 7 nitrogen and oxygen atoms in total. The fraction of sp³-hybridized carbons (Fsp3) is 0.562. The van der Waals surface area contributed by atoms with E-state index >= 15 is 0 Å². The second kappa shape index (κ2) is 11.7. The Morgan fingerprint density at radius 3 is 2.30 bits per heavy atom. The molecule has 2 aromatic rings. The van der Waals surface area contributed by atoms with Crippen LogP contribution in [0.1, 0.15) is 65.2 Å². The quantitative estimate of drug-likeness (QED) is 0.399. The van der Waals surface area contributed by atoms with Crippen LogP contribution in [0.2, 0.25) is 0 Å². The van der Waals surface area contributed by atoms with E-state index in [4.69, 9.17) is 4.74 Å². The molecule has 0 spiro atoms. The number of benzene rings is 2. The zero-order valence-corrected chi connectivity index (χ0v) is 25.1. The summed E-state index contributed by atoms with van der Waals surface area (Å²) in [5.74, 6) is -2.59. The molecule has 1 N–H and O–H groups in total. The molecule has 0 aromatic heterocycles. The van der Waals surface area contributed by atoms with Gasteiger partial charge in [0, 0.05) is 50.5 Å². The number of halogens is 7. The molecule has 1 saturated carbocycles. The summed E-state index contributed by atoms with van der Waals surface area (Å²) in [6.07, 6.45) is -7.63. The van der Waals surface area contributed by atoms with Crippen molar-refractivity contribution >= 4 is 17.6 Å². The molecule has 1 aliphatic carbocycles. The lowest BCUT2D eigenvalue weighted by Crippen LogP contribution is -2.61. The zero-order valence-electron chi connectivity index (χ0n) is 25.1. The largest absolute Gasteiger partial charge is 0.478 e. The van der Waals surface area contributed by atoms with Crippen LogP contribution < -0.4 is 4.90 Å². The topological polar surface area (TPSA) is 73.3 Å². The van der Waals surface area contributed by atoms with Crippen LogP contribution in [0, 0.1) is 11.7 Å². The molecule has 3 atom stereocenters. The third-order valence-electron chi connectivity index (χ3n) is 9.92. The Morgan fingerprint density at radius 1 is 0.978 bits per heavy atom. The summed E-state index contributed by atoms with van der Waals surface area (Å²) in [7, 11) is 0.